The third-order valence-electron chi connectivity index (χ3n) is 1.92. The summed E-state index contributed by atoms with van der Waals surface area (Å²) in [5.41, 5.74) is 0. The lowest BCUT2D eigenvalue weighted by Crippen LogP contribution is -2.36. The van der Waals surface area contributed by atoms with E-state index in [9.17, 15) is 0 Å². The van der Waals surface area contributed by atoms with Gasteiger partial charge in [-0.05, 0) is 12.1 Å². The van der Waals surface area contributed by atoms with E-state index in [2.05, 4.69) is 30.3 Å². The van der Waals surface area contributed by atoms with Crippen LogP contribution in [0.4, 0.5) is 0 Å². The first-order valence-electron chi connectivity index (χ1n) is 3.84. The predicted octanol–water partition coefficient (Wildman–Crippen LogP) is 3.33. The van der Waals surface area contributed by atoms with Crippen LogP contribution in [0.2, 0.25) is 31.7 Å². The fourth-order valence-electron chi connectivity index (χ4n) is 1.54. The monoisotopic (exact) mass is 208 g/mol. The Morgan fingerprint density at radius 2 is 1.80 bits per heavy atom. The smallest absolute Gasteiger partial charge is 0.164 e. The van der Waals surface area contributed by atoms with Crippen LogP contribution >= 0.6 is 22.7 Å². The molecule has 0 aromatic heterocycles. The van der Waals surface area contributed by atoms with Crippen LogP contribution in [0, 0.1) is 0 Å². The first-order valence-corrected chi connectivity index (χ1v) is 13.3. The van der Waals surface area contributed by atoms with E-state index in [0.717, 1.165) is 0 Å². The Morgan fingerprint density at radius 3 is 2.10 bits per heavy atom. The third kappa shape index (κ3) is 2.64. The van der Waals surface area contributed by atoms with Crippen LogP contribution in [0.3, 0.4) is 0 Å². The van der Waals surface area contributed by atoms with Gasteiger partial charge in [0.2, 0.25) is 0 Å². The molecule has 4 heteroatoms. The van der Waals surface area contributed by atoms with Gasteiger partial charge in [-0.3, -0.25) is 0 Å². The molecule has 1 unspecified atom stereocenters. The first-order chi connectivity index (χ1) is 4.41. The lowest BCUT2D eigenvalue weighted by atomic mass is 10.6. The van der Waals surface area contributed by atoms with Gasteiger partial charge < -0.3 is 0 Å². The number of hydrogen-bond donors (Lipinski definition) is 1. The van der Waals surface area contributed by atoms with E-state index >= 15 is 0 Å². The van der Waals surface area contributed by atoms with Crippen molar-refractivity contribution in [2.75, 3.05) is 0 Å². The lowest BCUT2D eigenvalue weighted by Gasteiger charge is -2.36. The van der Waals surface area contributed by atoms with Gasteiger partial charge in [0.25, 0.3) is 0 Å². The van der Waals surface area contributed by atoms with Gasteiger partial charge in [-0.1, -0.05) is 26.1 Å². The van der Waals surface area contributed by atoms with Gasteiger partial charge in [-0.15, -0.1) is 0 Å². The second kappa shape index (κ2) is 2.88. The summed E-state index contributed by atoms with van der Waals surface area (Å²) >= 11 is 4.77. The van der Waals surface area contributed by atoms with E-state index in [0.29, 0.717) is 0 Å². The highest BCUT2D eigenvalue weighted by Gasteiger charge is 2.37. The summed E-state index contributed by atoms with van der Waals surface area (Å²) in [5, 5.41) is 0. The van der Waals surface area contributed by atoms with Crippen molar-refractivity contribution >= 4 is 36.3 Å². The minimum Gasteiger partial charge on any atom is -0.195 e. The molecule has 1 aliphatic heterocycles. The zero-order chi connectivity index (χ0) is 7.83. The minimum absolute atomic E-state index is 0.824. The fourth-order valence-corrected chi connectivity index (χ4v) is 29.9. The Bertz CT molecular complexity index is 120. The van der Waals surface area contributed by atoms with Crippen LogP contribution < -0.4 is 0 Å². The Hall–Kier alpha value is 1.13. The number of rotatable bonds is 0. The molecule has 0 nitrogen and oxygen atoms in total. The average molecular weight is 208 g/mol. The van der Waals surface area contributed by atoms with E-state index in [4.69, 9.17) is 12.1 Å². The van der Waals surface area contributed by atoms with Gasteiger partial charge in [0.15, 0.2) is 6.37 Å². The number of thiol groups is 1. The molecule has 0 aromatic carbocycles. The van der Waals surface area contributed by atoms with Crippen LogP contribution in [0.5, 0.6) is 0 Å². The first kappa shape index (κ1) is 9.22. The second-order valence-electron chi connectivity index (χ2n) is 3.89. The Morgan fingerprint density at radius 1 is 1.20 bits per heavy atom. The Labute approximate surface area is 74.5 Å². The Kier molecular flexibility index (Phi) is 2.66. The molecule has 0 aliphatic carbocycles. The molecule has 1 rings (SSSR count). The molecule has 10 heavy (non-hydrogen) atoms. The van der Waals surface area contributed by atoms with E-state index in [-0.39, 0.29) is 0 Å². The average Bonchev–Trinajstić information content (AvgIpc) is 1.56. The van der Waals surface area contributed by atoms with Crippen LogP contribution in [-0.2, 0) is 0 Å². The van der Waals surface area contributed by atoms with Crippen molar-refractivity contribution in [1.82, 2.24) is 0 Å². The van der Waals surface area contributed by atoms with Gasteiger partial charge in [-0.2, -0.15) is 22.7 Å². The van der Waals surface area contributed by atoms with Crippen molar-refractivity contribution in [2.24, 2.45) is 0 Å². The van der Waals surface area contributed by atoms with Crippen molar-refractivity contribution in [3.63, 3.8) is 0 Å². The van der Waals surface area contributed by atoms with Crippen molar-refractivity contribution in [1.29, 1.82) is 0 Å². The molecule has 1 fully saturated rings. The van der Waals surface area contributed by atoms with E-state index in [1.165, 1.54) is 18.5 Å². The quantitative estimate of drug-likeness (QED) is 0.471. The Balaban J connectivity index is 2.56. The van der Waals surface area contributed by atoms with Gasteiger partial charge in [0, 0.05) is 0 Å². The fraction of sp³-hybridized carbons (Fsp3) is 1.00. The summed E-state index contributed by atoms with van der Waals surface area (Å²) < 4.78 is 0. The molecule has 1 heterocycles. The summed E-state index contributed by atoms with van der Waals surface area (Å²) in [4.78, 5) is 0. The van der Waals surface area contributed by atoms with Gasteiger partial charge in [0.1, 0.15) is 7.22 Å². The largest absolute Gasteiger partial charge is 0.195 e. The van der Waals surface area contributed by atoms with Crippen LogP contribution in [-0.4, -0.2) is 13.6 Å². The summed E-state index contributed by atoms with van der Waals surface area (Å²) in [7, 11) is 1.46. The van der Waals surface area contributed by atoms with Crippen molar-refractivity contribution in [3.05, 3.63) is 0 Å². The molecule has 1 atom stereocenters. The molecule has 0 spiro atoms. The highest BCUT2D eigenvalue weighted by atomic mass is 32.7. The molecular formula is C6H16S2Si2. The van der Waals surface area contributed by atoms with E-state index in [1.54, 1.807) is 0 Å². The topological polar surface area (TPSA) is 0 Å². The summed E-state index contributed by atoms with van der Waals surface area (Å²) in [6.07, 6.45) is 0.404. The van der Waals surface area contributed by atoms with Crippen molar-refractivity contribution in [3.8, 4) is 0 Å². The van der Waals surface area contributed by atoms with Crippen LogP contribution in [0.15, 0.2) is 0 Å². The molecular weight excluding hydrogens is 192 g/mol. The van der Waals surface area contributed by atoms with Crippen molar-refractivity contribution in [2.45, 2.75) is 38.2 Å². The van der Waals surface area contributed by atoms with Gasteiger partial charge in [-0.25, -0.2) is 0 Å². The molecule has 60 valence electrons. The maximum atomic E-state index is 4.77. The second-order valence-corrected chi connectivity index (χ2v) is 23.3. The standard InChI is InChI=1S/C6H16S2Si2/c1-9(2)5-4-6-10(3,7)8-9/h7H,4-6H2,1-3H3. The maximum Gasteiger partial charge on any atom is 0.164 e. The normalized spacial score (nSPS) is 39.6. The third-order valence-corrected chi connectivity index (χ3v) is 22.0. The van der Waals surface area contributed by atoms with E-state index in [1.807, 2.05) is 0 Å². The molecule has 1 saturated heterocycles. The SMILES string of the molecule is C[Si]1(C)CCC[Si](C)(S)S1. The molecule has 0 aromatic rings. The van der Waals surface area contributed by atoms with Crippen molar-refractivity contribution < 1.29 is 0 Å². The minimum atomic E-state index is -1.05. The zero-order valence-electron chi connectivity index (χ0n) is 6.98. The maximum absolute atomic E-state index is 4.77. The molecule has 0 N–H and O–H groups in total. The molecule has 1 aliphatic rings. The van der Waals surface area contributed by atoms with Gasteiger partial charge in [0.05, 0.1) is 0 Å². The van der Waals surface area contributed by atoms with Gasteiger partial charge >= 0.3 is 0 Å². The summed E-state index contributed by atoms with van der Waals surface area (Å²) in [5.74, 6) is 0. The van der Waals surface area contributed by atoms with Crippen LogP contribution in [0.25, 0.3) is 0 Å². The zero-order valence-corrected chi connectivity index (χ0v) is 10.7. The highest BCUT2D eigenvalue weighted by Crippen LogP contribution is 2.44. The number of hydrogen-bond acceptors (Lipinski definition) is 2. The highest BCUT2D eigenvalue weighted by molar-refractivity contribution is 8.64. The van der Waals surface area contributed by atoms with E-state index < -0.39 is 13.6 Å². The molecule has 0 saturated carbocycles. The molecule has 0 amide bonds. The van der Waals surface area contributed by atoms with Crippen LogP contribution in [0.1, 0.15) is 6.42 Å². The lowest BCUT2D eigenvalue weighted by molar-refractivity contribution is 1.04. The molecule has 0 radical (unpaired) electrons. The molecule has 0 bridgehead atoms. The predicted molar refractivity (Wildman–Crippen MR) is 59.9 cm³/mol. The summed E-state index contributed by atoms with van der Waals surface area (Å²) in [6.45, 7) is 7.37. The summed E-state index contributed by atoms with van der Waals surface area (Å²) in [6, 6.07) is 2.94.